The van der Waals surface area contributed by atoms with Gasteiger partial charge in [0.2, 0.25) is 11.8 Å². The molecule has 0 saturated carbocycles. The lowest BCUT2D eigenvalue weighted by Crippen LogP contribution is -2.39. The number of aromatic nitrogens is 4. The molecule has 4 N–H and O–H groups in total. The Bertz CT molecular complexity index is 1570. The number of nitrogens with zero attached hydrogens (tertiary/aromatic N) is 4. The highest BCUT2D eigenvalue weighted by molar-refractivity contribution is 9.10. The summed E-state index contributed by atoms with van der Waals surface area (Å²) in [4.78, 5) is 28.0. The third kappa shape index (κ3) is 7.95. The van der Waals surface area contributed by atoms with Gasteiger partial charge in [-0.3, -0.25) is 0 Å². The fraction of sp³-hybridized carbons (Fsp3) is 0.393. The standard InChI is InChI=1S/C16H20FN3O4.C12H12BrFN2O2/c1-4-12-18-13-10(14(19-12)24-6-5-21)7-9(8-11(13)17)20-16(2,3)15(22)23;1-2-10-15-11-8(5-7(13)6-9(11)14)12(16-10)18-4-3-17/h7-8,20-21H,4-6H2,1-3H3,(H,22,23);5-6,17H,2-4H2,1H3. The van der Waals surface area contributed by atoms with E-state index >= 15 is 0 Å². The number of nitrogens with one attached hydrogen (secondary N) is 1. The molecule has 0 aliphatic heterocycles. The molecule has 0 amide bonds. The van der Waals surface area contributed by atoms with Crippen LogP contribution < -0.4 is 14.8 Å². The predicted octanol–water partition coefficient (Wildman–Crippen LogP) is 4.44. The smallest absolute Gasteiger partial charge is 0.328 e. The van der Waals surface area contributed by atoms with Crippen molar-refractivity contribution < 1.29 is 38.4 Å². The zero-order chi connectivity index (χ0) is 31.0. The van der Waals surface area contributed by atoms with Gasteiger partial charge in [-0.1, -0.05) is 29.8 Å². The molecule has 42 heavy (non-hydrogen) atoms. The molecule has 4 aromatic rings. The highest BCUT2D eigenvalue weighted by Gasteiger charge is 2.27. The average Bonchev–Trinajstić information content (AvgIpc) is 2.94. The van der Waals surface area contributed by atoms with Crippen LogP contribution in [0.4, 0.5) is 14.5 Å². The molecule has 0 unspecified atom stereocenters. The predicted molar refractivity (Wildman–Crippen MR) is 156 cm³/mol. The van der Waals surface area contributed by atoms with Gasteiger partial charge in [-0.15, -0.1) is 0 Å². The van der Waals surface area contributed by atoms with Gasteiger partial charge in [0.05, 0.1) is 24.0 Å². The summed E-state index contributed by atoms with van der Waals surface area (Å²) in [7, 11) is 0. The Labute approximate surface area is 249 Å². The van der Waals surface area contributed by atoms with E-state index in [2.05, 4.69) is 41.2 Å². The number of benzene rings is 2. The van der Waals surface area contributed by atoms with Crippen LogP contribution in [0.1, 0.15) is 39.3 Å². The first-order chi connectivity index (χ1) is 19.9. The quantitative estimate of drug-likeness (QED) is 0.181. The van der Waals surface area contributed by atoms with E-state index in [0.29, 0.717) is 45.6 Å². The molecule has 0 atom stereocenters. The molecule has 2 aromatic heterocycles. The SMILES string of the molecule is CCc1nc(OCCO)c2cc(Br)cc(F)c2n1.CCc1nc(OCCO)c2cc(NC(C)(C)C(=O)O)cc(F)c2n1. The molecule has 0 saturated heterocycles. The summed E-state index contributed by atoms with van der Waals surface area (Å²) in [6, 6.07) is 5.78. The van der Waals surface area contributed by atoms with E-state index in [-0.39, 0.29) is 49.0 Å². The molecule has 0 radical (unpaired) electrons. The van der Waals surface area contributed by atoms with E-state index in [4.69, 9.17) is 19.7 Å². The van der Waals surface area contributed by atoms with Crippen molar-refractivity contribution in [2.75, 3.05) is 31.7 Å². The molecule has 2 heterocycles. The highest BCUT2D eigenvalue weighted by Crippen LogP contribution is 2.30. The van der Waals surface area contributed by atoms with Gasteiger partial charge < -0.3 is 30.1 Å². The zero-order valence-corrected chi connectivity index (χ0v) is 25.1. The summed E-state index contributed by atoms with van der Waals surface area (Å²) in [5.74, 6) is -0.727. The van der Waals surface area contributed by atoms with E-state index in [1.165, 1.54) is 32.0 Å². The van der Waals surface area contributed by atoms with E-state index in [1.54, 1.807) is 6.07 Å². The van der Waals surface area contributed by atoms with Crippen molar-refractivity contribution in [3.05, 3.63) is 52.0 Å². The number of fused-ring (bicyclic) bond motifs is 2. The number of hydrogen-bond donors (Lipinski definition) is 4. The molecule has 14 heteroatoms. The van der Waals surface area contributed by atoms with Gasteiger partial charge in [0.15, 0.2) is 11.6 Å². The maximum absolute atomic E-state index is 14.5. The van der Waals surface area contributed by atoms with Crippen molar-refractivity contribution in [1.82, 2.24) is 19.9 Å². The molecular weight excluding hydrogens is 620 g/mol. The largest absolute Gasteiger partial charge is 0.480 e. The number of hydrogen-bond acceptors (Lipinski definition) is 10. The Morgan fingerprint density at radius 1 is 0.857 bits per heavy atom. The fourth-order valence-corrected chi connectivity index (χ4v) is 4.12. The van der Waals surface area contributed by atoms with Crippen LogP contribution in [0.3, 0.4) is 0 Å². The first-order valence-corrected chi connectivity index (χ1v) is 13.9. The topological polar surface area (TPSA) is 160 Å². The number of aliphatic hydroxyl groups is 2. The fourth-order valence-electron chi connectivity index (χ4n) is 3.69. The van der Waals surface area contributed by atoms with Crippen LogP contribution in [0.5, 0.6) is 11.8 Å². The molecule has 0 fully saturated rings. The number of ether oxygens (including phenoxy) is 2. The Balaban J connectivity index is 0.000000240. The number of carboxylic acids is 1. The summed E-state index contributed by atoms with van der Waals surface area (Å²) in [5.41, 5.74) is -0.684. The normalized spacial score (nSPS) is 11.3. The number of anilines is 1. The number of carbonyl (C=O) groups is 1. The van der Waals surface area contributed by atoms with Crippen molar-refractivity contribution in [2.45, 2.75) is 46.1 Å². The lowest BCUT2D eigenvalue weighted by atomic mass is 10.1. The summed E-state index contributed by atoms with van der Waals surface area (Å²) in [6.07, 6.45) is 1.08. The van der Waals surface area contributed by atoms with Gasteiger partial charge in [0.25, 0.3) is 0 Å². The second-order valence-corrected chi connectivity index (χ2v) is 10.4. The van der Waals surface area contributed by atoms with Crippen molar-refractivity contribution in [2.24, 2.45) is 0 Å². The molecule has 226 valence electrons. The van der Waals surface area contributed by atoms with Gasteiger partial charge >= 0.3 is 5.97 Å². The van der Waals surface area contributed by atoms with E-state index < -0.39 is 23.1 Å². The molecule has 0 aliphatic rings. The van der Waals surface area contributed by atoms with Crippen molar-refractivity contribution >= 4 is 49.4 Å². The first kappa shape index (κ1) is 32.8. The summed E-state index contributed by atoms with van der Waals surface area (Å²) < 4.78 is 39.6. The van der Waals surface area contributed by atoms with Crippen LogP contribution in [0, 0.1) is 11.6 Å². The maximum Gasteiger partial charge on any atom is 0.328 e. The van der Waals surface area contributed by atoms with E-state index in [9.17, 15) is 18.7 Å². The molecule has 0 aliphatic carbocycles. The maximum atomic E-state index is 14.5. The summed E-state index contributed by atoms with van der Waals surface area (Å²) in [6.45, 7) is 6.45. The minimum atomic E-state index is -1.28. The Kier molecular flexibility index (Phi) is 11.3. The number of aliphatic hydroxyl groups excluding tert-OH is 2. The average molecular weight is 652 g/mol. The van der Waals surface area contributed by atoms with Crippen LogP contribution in [0.25, 0.3) is 21.8 Å². The number of halogens is 3. The number of carboxylic acid groups (broad SMARTS) is 1. The summed E-state index contributed by atoms with van der Waals surface area (Å²) in [5, 5.41) is 30.5. The third-order valence-electron chi connectivity index (χ3n) is 5.78. The second-order valence-electron chi connectivity index (χ2n) is 9.43. The Morgan fingerprint density at radius 2 is 1.33 bits per heavy atom. The van der Waals surface area contributed by atoms with E-state index in [1.807, 2.05) is 13.8 Å². The Morgan fingerprint density at radius 3 is 1.79 bits per heavy atom. The first-order valence-electron chi connectivity index (χ1n) is 13.1. The minimum Gasteiger partial charge on any atom is -0.480 e. The lowest BCUT2D eigenvalue weighted by Gasteiger charge is -2.23. The van der Waals surface area contributed by atoms with Gasteiger partial charge in [0.1, 0.15) is 41.4 Å². The van der Waals surface area contributed by atoms with Crippen molar-refractivity contribution in [1.29, 1.82) is 0 Å². The summed E-state index contributed by atoms with van der Waals surface area (Å²) >= 11 is 3.22. The molecule has 0 bridgehead atoms. The minimum absolute atomic E-state index is 0.00909. The van der Waals surface area contributed by atoms with Crippen molar-refractivity contribution in [3.8, 4) is 11.8 Å². The molecule has 2 aromatic carbocycles. The monoisotopic (exact) mass is 651 g/mol. The molecule has 4 rings (SSSR count). The van der Waals surface area contributed by atoms with Gasteiger partial charge in [-0.2, -0.15) is 9.97 Å². The molecule has 0 spiro atoms. The number of aliphatic carboxylic acids is 1. The van der Waals surface area contributed by atoms with Crippen molar-refractivity contribution in [3.63, 3.8) is 0 Å². The number of rotatable bonds is 11. The van der Waals surface area contributed by atoms with Crippen LogP contribution in [0.15, 0.2) is 28.7 Å². The van der Waals surface area contributed by atoms with Gasteiger partial charge in [-0.25, -0.2) is 23.5 Å². The van der Waals surface area contributed by atoms with Gasteiger partial charge in [-0.05, 0) is 38.1 Å². The second kappa shape index (κ2) is 14.4. The van der Waals surface area contributed by atoms with Gasteiger partial charge in [0, 0.05) is 23.0 Å². The van der Waals surface area contributed by atoms with E-state index in [0.717, 1.165) is 0 Å². The molecular formula is C28H32BrF2N5O6. The lowest BCUT2D eigenvalue weighted by molar-refractivity contribution is -0.141. The van der Waals surface area contributed by atoms with Crippen LogP contribution in [0.2, 0.25) is 0 Å². The zero-order valence-electron chi connectivity index (χ0n) is 23.5. The third-order valence-corrected chi connectivity index (χ3v) is 6.24. The van der Waals surface area contributed by atoms with Crippen LogP contribution >= 0.6 is 15.9 Å². The highest BCUT2D eigenvalue weighted by atomic mass is 79.9. The molecule has 11 nitrogen and oxygen atoms in total. The Hall–Kier alpha value is -3.75. The van der Waals surface area contributed by atoms with Crippen LogP contribution in [-0.2, 0) is 17.6 Å². The van der Waals surface area contributed by atoms with Crippen LogP contribution in [-0.4, -0.2) is 73.2 Å². The number of aryl methyl sites for hydroxylation is 2.